The minimum atomic E-state index is -0.0379. The minimum Gasteiger partial charge on any atom is -0.338 e. The molecule has 0 bridgehead atoms. The van der Waals surface area contributed by atoms with Crippen molar-refractivity contribution < 1.29 is 4.79 Å². The van der Waals surface area contributed by atoms with E-state index in [1.54, 1.807) is 10.8 Å². The summed E-state index contributed by atoms with van der Waals surface area (Å²) in [4.78, 5) is 18.8. The van der Waals surface area contributed by atoms with Gasteiger partial charge in [0.1, 0.15) is 6.33 Å². The van der Waals surface area contributed by atoms with Crippen molar-refractivity contribution in [2.75, 3.05) is 13.6 Å². The van der Waals surface area contributed by atoms with Crippen molar-refractivity contribution in [3.63, 3.8) is 0 Å². The number of aryl methyl sites for hydroxylation is 1. The highest BCUT2D eigenvalue weighted by molar-refractivity contribution is 5.83. The van der Waals surface area contributed by atoms with Gasteiger partial charge in [-0.3, -0.25) is 9.89 Å². The lowest BCUT2D eigenvalue weighted by atomic mass is 9.93. The monoisotopic (exact) mass is 457 g/mol. The van der Waals surface area contributed by atoms with Crippen molar-refractivity contribution in [1.82, 2.24) is 35.0 Å². The lowest BCUT2D eigenvalue weighted by Crippen LogP contribution is -2.53. The van der Waals surface area contributed by atoms with Crippen LogP contribution >= 0.6 is 0 Å². The van der Waals surface area contributed by atoms with Crippen LogP contribution in [0.1, 0.15) is 55.8 Å². The van der Waals surface area contributed by atoms with Gasteiger partial charge in [-0.2, -0.15) is 10.2 Å². The number of hydrogen-bond acceptors (Lipinski definition) is 5. The van der Waals surface area contributed by atoms with Crippen LogP contribution in [0.3, 0.4) is 0 Å². The van der Waals surface area contributed by atoms with E-state index in [1.807, 2.05) is 25.1 Å². The van der Waals surface area contributed by atoms with Gasteiger partial charge in [-0.25, -0.2) is 9.50 Å². The van der Waals surface area contributed by atoms with Gasteiger partial charge >= 0.3 is 0 Å². The zero-order chi connectivity index (χ0) is 24.0. The Morgan fingerprint density at radius 1 is 1.18 bits per heavy atom. The number of carbonyl (C=O) groups excluding carboxylic acids is 1. The summed E-state index contributed by atoms with van der Waals surface area (Å²) in [5.74, 6) is 0.426. The molecule has 1 saturated heterocycles. The molecule has 8 nitrogen and oxygen atoms in total. The van der Waals surface area contributed by atoms with Crippen molar-refractivity contribution in [2.45, 2.75) is 52.1 Å². The number of hydrogen-bond donors (Lipinski definition) is 2. The average molecular weight is 458 g/mol. The van der Waals surface area contributed by atoms with Crippen LogP contribution in [0.15, 0.2) is 42.9 Å². The van der Waals surface area contributed by atoms with E-state index in [2.05, 4.69) is 71.6 Å². The Labute approximate surface area is 199 Å². The fraction of sp³-hybridized carbons (Fsp3) is 0.385. The molecule has 0 spiro atoms. The third-order valence-corrected chi connectivity index (χ3v) is 6.95. The number of benzene rings is 1. The SMILES string of the molecule is Cc1cc(-c2n[nH]c(-c3ccc([C@H](C)N(C)C(=O)[C@@H]4CCN4)cc3)c2C(C)C)cn2ncnc12. The van der Waals surface area contributed by atoms with Crippen LogP contribution in [0.2, 0.25) is 0 Å². The van der Waals surface area contributed by atoms with Crippen molar-refractivity contribution >= 4 is 11.6 Å². The number of carbonyl (C=O) groups is 1. The molecular weight excluding hydrogens is 426 g/mol. The van der Waals surface area contributed by atoms with Crippen LogP contribution in [0.5, 0.6) is 0 Å². The fourth-order valence-electron chi connectivity index (χ4n) is 4.66. The van der Waals surface area contributed by atoms with Gasteiger partial charge in [0.25, 0.3) is 0 Å². The Hall–Kier alpha value is -3.52. The average Bonchev–Trinajstić information content (AvgIpc) is 3.44. The molecule has 0 aliphatic carbocycles. The standard InChI is InChI=1S/C26H31N7O/c1-15(2)22-23(30-31-24(22)20-12-16(3)25-28-14-29-33(25)13-20)19-8-6-18(7-9-19)17(4)32(5)26(34)21-10-11-27-21/h6-9,12-15,17,21,27H,10-11H2,1-5H3,(H,30,31)/t17-,21-/m0/s1. The molecule has 1 aliphatic heterocycles. The Kier molecular flexibility index (Phi) is 5.69. The third-order valence-electron chi connectivity index (χ3n) is 6.95. The van der Waals surface area contributed by atoms with Crippen LogP contribution in [0, 0.1) is 6.92 Å². The van der Waals surface area contributed by atoms with Gasteiger partial charge in [0, 0.05) is 24.4 Å². The molecule has 1 amide bonds. The van der Waals surface area contributed by atoms with E-state index >= 15 is 0 Å². The maximum absolute atomic E-state index is 12.6. The molecule has 34 heavy (non-hydrogen) atoms. The zero-order valence-corrected chi connectivity index (χ0v) is 20.3. The molecule has 0 unspecified atom stereocenters. The van der Waals surface area contributed by atoms with Gasteiger partial charge in [0.05, 0.1) is 23.5 Å². The number of rotatable bonds is 6. The second-order valence-electron chi connectivity index (χ2n) is 9.50. The first-order valence-corrected chi connectivity index (χ1v) is 11.8. The van der Waals surface area contributed by atoms with Gasteiger partial charge < -0.3 is 10.2 Å². The summed E-state index contributed by atoms with van der Waals surface area (Å²) >= 11 is 0. The normalized spacial score (nSPS) is 16.6. The molecule has 0 radical (unpaired) electrons. The molecule has 1 aromatic carbocycles. The molecular formula is C26H31N7O. The number of amides is 1. The van der Waals surface area contributed by atoms with Gasteiger partial charge in [0.2, 0.25) is 5.91 Å². The first kappa shape index (κ1) is 22.3. The Bertz CT molecular complexity index is 1330. The number of nitrogens with zero attached hydrogens (tertiary/aromatic N) is 5. The summed E-state index contributed by atoms with van der Waals surface area (Å²) in [6.45, 7) is 9.40. The molecule has 4 heterocycles. The van der Waals surface area contributed by atoms with Crippen LogP contribution in [0.25, 0.3) is 28.2 Å². The smallest absolute Gasteiger partial charge is 0.240 e. The summed E-state index contributed by atoms with van der Waals surface area (Å²) in [7, 11) is 1.88. The molecule has 3 aromatic heterocycles. The van der Waals surface area contributed by atoms with Gasteiger partial charge in [-0.1, -0.05) is 38.1 Å². The molecule has 2 N–H and O–H groups in total. The van der Waals surface area contributed by atoms with Crippen molar-refractivity contribution in [3.8, 4) is 22.5 Å². The van der Waals surface area contributed by atoms with Crippen LogP contribution in [-0.4, -0.2) is 55.2 Å². The number of fused-ring (bicyclic) bond motifs is 1. The van der Waals surface area contributed by atoms with E-state index < -0.39 is 0 Å². The van der Waals surface area contributed by atoms with Crippen LogP contribution < -0.4 is 5.32 Å². The molecule has 5 rings (SSSR count). The summed E-state index contributed by atoms with van der Waals surface area (Å²) in [5.41, 5.74) is 8.23. The lowest BCUT2D eigenvalue weighted by Gasteiger charge is -2.34. The maximum atomic E-state index is 12.6. The fourth-order valence-corrected chi connectivity index (χ4v) is 4.66. The molecule has 0 saturated carbocycles. The Morgan fingerprint density at radius 2 is 1.91 bits per heavy atom. The molecule has 2 atom stereocenters. The highest BCUT2D eigenvalue weighted by Gasteiger charge is 2.29. The van der Waals surface area contributed by atoms with Crippen molar-refractivity contribution in [2.24, 2.45) is 0 Å². The van der Waals surface area contributed by atoms with Gasteiger partial charge in [-0.15, -0.1) is 0 Å². The summed E-state index contributed by atoms with van der Waals surface area (Å²) in [6.07, 6.45) is 4.47. The first-order chi connectivity index (χ1) is 16.3. The van der Waals surface area contributed by atoms with E-state index in [-0.39, 0.29) is 23.9 Å². The van der Waals surface area contributed by atoms with E-state index in [1.165, 1.54) is 5.56 Å². The molecule has 176 valence electrons. The van der Waals surface area contributed by atoms with Gasteiger partial charge in [-0.05, 0) is 55.5 Å². The number of H-pyrrole nitrogens is 1. The van der Waals surface area contributed by atoms with Crippen LogP contribution in [0.4, 0.5) is 0 Å². The number of aromatic amines is 1. The number of nitrogens with one attached hydrogen (secondary N) is 2. The van der Waals surface area contributed by atoms with Crippen LogP contribution in [-0.2, 0) is 4.79 Å². The predicted molar refractivity (Wildman–Crippen MR) is 132 cm³/mol. The van der Waals surface area contributed by atoms with Gasteiger partial charge in [0.15, 0.2) is 5.65 Å². The molecule has 4 aromatic rings. The molecule has 8 heteroatoms. The topological polar surface area (TPSA) is 91.2 Å². The summed E-state index contributed by atoms with van der Waals surface area (Å²) < 4.78 is 1.80. The van der Waals surface area contributed by atoms with E-state index in [0.29, 0.717) is 0 Å². The number of aromatic nitrogens is 5. The number of pyridine rings is 1. The highest BCUT2D eigenvalue weighted by atomic mass is 16.2. The maximum Gasteiger partial charge on any atom is 0.240 e. The molecule has 1 aliphatic rings. The first-order valence-electron chi connectivity index (χ1n) is 11.8. The number of likely N-dealkylation sites (N-methyl/N-ethyl adjacent to an activating group) is 1. The second-order valence-corrected chi connectivity index (χ2v) is 9.50. The summed E-state index contributed by atoms with van der Waals surface area (Å²) in [5, 5.41) is 15.5. The Balaban J connectivity index is 1.46. The van der Waals surface area contributed by atoms with E-state index in [0.717, 1.165) is 52.3 Å². The van der Waals surface area contributed by atoms with E-state index in [9.17, 15) is 4.79 Å². The quantitative estimate of drug-likeness (QED) is 0.455. The zero-order valence-electron chi connectivity index (χ0n) is 20.3. The van der Waals surface area contributed by atoms with Crippen molar-refractivity contribution in [3.05, 3.63) is 59.5 Å². The largest absolute Gasteiger partial charge is 0.338 e. The highest BCUT2D eigenvalue weighted by Crippen LogP contribution is 2.36. The third kappa shape index (κ3) is 3.77. The Morgan fingerprint density at radius 3 is 2.56 bits per heavy atom. The second kappa shape index (κ2) is 8.68. The predicted octanol–water partition coefficient (Wildman–Crippen LogP) is 4.10. The van der Waals surface area contributed by atoms with Crippen molar-refractivity contribution in [1.29, 1.82) is 0 Å². The minimum absolute atomic E-state index is 0.00299. The molecule has 1 fully saturated rings. The lowest BCUT2D eigenvalue weighted by molar-refractivity contribution is -0.135. The van der Waals surface area contributed by atoms with E-state index in [4.69, 9.17) is 5.10 Å². The summed E-state index contributed by atoms with van der Waals surface area (Å²) in [6, 6.07) is 10.5.